The van der Waals surface area contributed by atoms with E-state index in [-0.39, 0.29) is 42.7 Å². The Hall–Kier alpha value is -1.59. The van der Waals surface area contributed by atoms with Crippen LogP contribution in [0.1, 0.15) is 30.9 Å². The van der Waals surface area contributed by atoms with Crippen LogP contribution in [0.3, 0.4) is 0 Å². The summed E-state index contributed by atoms with van der Waals surface area (Å²) in [6.07, 6.45) is 1.42. The Bertz CT molecular complexity index is 443. The number of piperidine rings is 1. The van der Waals surface area contributed by atoms with Gasteiger partial charge in [-0.2, -0.15) is 0 Å². The minimum atomic E-state index is -0.292. The van der Waals surface area contributed by atoms with Gasteiger partial charge in [-0.15, -0.1) is 12.4 Å². The van der Waals surface area contributed by atoms with Crippen LogP contribution in [0.2, 0.25) is 0 Å². The Labute approximate surface area is 124 Å². The van der Waals surface area contributed by atoms with Crippen molar-refractivity contribution in [3.8, 4) is 0 Å². The fraction of sp³-hybridized carbons (Fsp3) is 0.429. The Kier molecular flexibility index (Phi) is 6.48. The van der Waals surface area contributed by atoms with Crippen LogP contribution in [0.4, 0.5) is 0 Å². The highest BCUT2D eigenvalue weighted by Gasteiger charge is 2.20. The smallest absolute Gasteiger partial charge is 0.222 e. The maximum atomic E-state index is 11.9. The molecule has 1 heterocycles. The first-order chi connectivity index (χ1) is 9.15. The number of hydrogen-bond acceptors (Lipinski definition) is 3. The van der Waals surface area contributed by atoms with Gasteiger partial charge < -0.3 is 16.4 Å². The lowest BCUT2D eigenvalue weighted by atomic mass is 10.0. The molecule has 5 nitrogen and oxygen atoms in total. The van der Waals surface area contributed by atoms with Gasteiger partial charge in [0.2, 0.25) is 11.8 Å². The molecular weight excluding hydrogens is 278 g/mol. The SMILES string of the molecule is Cl.NC(CC(=O)NC1CCC(=O)NC1)c1ccccc1. The van der Waals surface area contributed by atoms with E-state index in [4.69, 9.17) is 5.73 Å². The van der Waals surface area contributed by atoms with Crippen molar-refractivity contribution < 1.29 is 9.59 Å². The zero-order valence-corrected chi connectivity index (χ0v) is 12.0. The second-order valence-electron chi connectivity index (χ2n) is 4.83. The van der Waals surface area contributed by atoms with E-state index in [1.54, 1.807) is 0 Å². The van der Waals surface area contributed by atoms with Crippen molar-refractivity contribution in [2.75, 3.05) is 6.54 Å². The number of amides is 2. The molecule has 20 heavy (non-hydrogen) atoms. The molecular formula is C14H20ClN3O2. The predicted molar refractivity (Wildman–Crippen MR) is 79.4 cm³/mol. The van der Waals surface area contributed by atoms with Crippen LogP contribution in [0.15, 0.2) is 30.3 Å². The summed E-state index contributed by atoms with van der Waals surface area (Å²) in [5.74, 6) is -0.0241. The zero-order valence-electron chi connectivity index (χ0n) is 11.2. The van der Waals surface area contributed by atoms with Gasteiger partial charge in [0.05, 0.1) is 0 Å². The first kappa shape index (κ1) is 16.5. The van der Waals surface area contributed by atoms with Crippen molar-refractivity contribution in [1.82, 2.24) is 10.6 Å². The van der Waals surface area contributed by atoms with Crippen LogP contribution in [-0.2, 0) is 9.59 Å². The van der Waals surface area contributed by atoms with Gasteiger partial charge in [0, 0.05) is 31.5 Å². The molecule has 0 bridgehead atoms. The van der Waals surface area contributed by atoms with Crippen LogP contribution >= 0.6 is 12.4 Å². The van der Waals surface area contributed by atoms with Gasteiger partial charge in [-0.25, -0.2) is 0 Å². The topological polar surface area (TPSA) is 84.2 Å². The summed E-state index contributed by atoms with van der Waals surface area (Å²) < 4.78 is 0. The monoisotopic (exact) mass is 297 g/mol. The summed E-state index contributed by atoms with van der Waals surface area (Å²) in [6.45, 7) is 0.505. The minimum absolute atomic E-state index is 0. The predicted octanol–water partition coefficient (Wildman–Crippen LogP) is 0.893. The molecule has 1 saturated heterocycles. The van der Waals surface area contributed by atoms with E-state index in [9.17, 15) is 9.59 Å². The van der Waals surface area contributed by atoms with Gasteiger partial charge in [0.15, 0.2) is 0 Å². The fourth-order valence-corrected chi connectivity index (χ4v) is 2.16. The lowest BCUT2D eigenvalue weighted by Crippen LogP contribution is -2.48. The van der Waals surface area contributed by atoms with Crippen molar-refractivity contribution >= 4 is 24.2 Å². The molecule has 1 aromatic carbocycles. The number of nitrogens with one attached hydrogen (secondary N) is 2. The number of carbonyl (C=O) groups excluding carboxylic acids is 2. The highest BCUT2D eigenvalue weighted by molar-refractivity contribution is 5.85. The zero-order chi connectivity index (χ0) is 13.7. The molecule has 2 atom stereocenters. The van der Waals surface area contributed by atoms with Crippen molar-refractivity contribution in [3.05, 3.63) is 35.9 Å². The average molecular weight is 298 g/mol. The van der Waals surface area contributed by atoms with Gasteiger partial charge >= 0.3 is 0 Å². The van der Waals surface area contributed by atoms with Crippen molar-refractivity contribution in [2.24, 2.45) is 5.73 Å². The van der Waals surface area contributed by atoms with E-state index in [1.807, 2.05) is 30.3 Å². The first-order valence-corrected chi connectivity index (χ1v) is 6.52. The Morgan fingerprint density at radius 2 is 2.10 bits per heavy atom. The number of halogens is 1. The molecule has 0 spiro atoms. The number of carbonyl (C=O) groups is 2. The van der Waals surface area contributed by atoms with Crippen molar-refractivity contribution in [1.29, 1.82) is 0 Å². The fourth-order valence-electron chi connectivity index (χ4n) is 2.16. The maximum absolute atomic E-state index is 11.9. The summed E-state index contributed by atoms with van der Waals surface area (Å²) in [5, 5.41) is 5.64. The third kappa shape index (κ3) is 4.83. The maximum Gasteiger partial charge on any atom is 0.222 e. The third-order valence-electron chi connectivity index (χ3n) is 3.26. The molecule has 1 aromatic rings. The molecule has 0 aliphatic carbocycles. The number of rotatable bonds is 4. The quantitative estimate of drug-likeness (QED) is 0.772. The summed E-state index contributed by atoms with van der Waals surface area (Å²) in [4.78, 5) is 22.9. The standard InChI is InChI=1S/C14H19N3O2.ClH/c15-12(10-4-2-1-3-5-10)8-14(19)17-11-6-7-13(18)16-9-11;/h1-5,11-12H,6-9,15H2,(H,16,18)(H,17,19);1H. The Morgan fingerprint density at radius 1 is 1.40 bits per heavy atom. The molecule has 0 aromatic heterocycles. The van der Waals surface area contributed by atoms with E-state index < -0.39 is 0 Å². The van der Waals surface area contributed by atoms with E-state index in [0.717, 1.165) is 5.56 Å². The molecule has 0 saturated carbocycles. The van der Waals surface area contributed by atoms with Crippen molar-refractivity contribution in [2.45, 2.75) is 31.3 Å². The number of benzene rings is 1. The molecule has 6 heteroatoms. The number of hydrogen-bond donors (Lipinski definition) is 3. The summed E-state index contributed by atoms with van der Waals surface area (Å²) in [5.41, 5.74) is 6.95. The van der Waals surface area contributed by atoms with E-state index in [1.165, 1.54) is 0 Å². The highest BCUT2D eigenvalue weighted by Crippen LogP contribution is 2.13. The van der Waals surface area contributed by atoms with Gasteiger partial charge in [0.25, 0.3) is 0 Å². The van der Waals surface area contributed by atoms with E-state index >= 15 is 0 Å². The summed E-state index contributed by atoms with van der Waals surface area (Å²) in [6, 6.07) is 9.29. The lowest BCUT2D eigenvalue weighted by Gasteiger charge is -2.24. The molecule has 2 unspecified atom stereocenters. The summed E-state index contributed by atoms with van der Waals surface area (Å²) in [7, 11) is 0. The Balaban J connectivity index is 0.00000200. The molecule has 1 aliphatic heterocycles. The minimum Gasteiger partial charge on any atom is -0.354 e. The van der Waals surface area contributed by atoms with Crippen molar-refractivity contribution in [3.63, 3.8) is 0 Å². The molecule has 110 valence electrons. The van der Waals surface area contributed by atoms with E-state index in [0.29, 0.717) is 19.4 Å². The van der Waals surface area contributed by atoms with Gasteiger partial charge in [-0.05, 0) is 12.0 Å². The lowest BCUT2D eigenvalue weighted by molar-refractivity contribution is -0.125. The molecule has 2 rings (SSSR count). The second-order valence-corrected chi connectivity index (χ2v) is 4.83. The van der Waals surface area contributed by atoms with E-state index in [2.05, 4.69) is 10.6 Å². The highest BCUT2D eigenvalue weighted by atomic mass is 35.5. The molecule has 2 amide bonds. The normalized spacial score (nSPS) is 19.4. The summed E-state index contributed by atoms with van der Waals surface area (Å²) >= 11 is 0. The van der Waals surface area contributed by atoms with Crippen LogP contribution in [0, 0.1) is 0 Å². The van der Waals surface area contributed by atoms with Gasteiger partial charge in [0.1, 0.15) is 0 Å². The largest absolute Gasteiger partial charge is 0.354 e. The van der Waals surface area contributed by atoms with Crippen LogP contribution < -0.4 is 16.4 Å². The van der Waals surface area contributed by atoms with Crippen LogP contribution in [0.25, 0.3) is 0 Å². The first-order valence-electron chi connectivity index (χ1n) is 6.52. The molecule has 0 radical (unpaired) electrons. The Morgan fingerprint density at radius 3 is 2.70 bits per heavy atom. The van der Waals surface area contributed by atoms with Crippen LogP contribution in [-0.4, -0.2) is 24.4 Å². The van der Waals surface area contributed by atoms with Gasteiger partial charge in [-0.1, -0.05) is 30.3 Å². The third-order valence-corrected chi connectivity index (χ3v) is 3.26. The molecule has 4 N–H and O–H groups in total. The second kappa shape index (κ2) is 7.87. The number of nitrogens with two attached hydrogens (primary N) is 1. The molecule has 1 aliphatic rings. The van der Waals surface area contributed by atoms with Crippen LogP contribution in [0.5, 0.6) is 0 Å². The molecule has 1 fully saturated rings. The van der Waals surface area contributed by atoms with Gasteiger partial charge in [-0.3, -0.25) is 9.59 Å². The average Bonchev–Trinajstić information content (AvgIpc) is 2.42.